The van der Waals surface area contributed by atoms with Gasteiger partial charge in [-0.15, -0.1) is 5.92 Å². The Kier molecular flexibility index (Phi) is 6.07. The van der Waals surface area contributed by atoms with Gasteiger partial charge in [0.15, 0.2) is 0 Å². The van der Waals surface area contributed by atoms with Crippen molar-refractivity contribution in [2.75, 3.05) is 0 Å². The average Bonchev–Trinajstić information content (AvgIpc) is 2.69. The monoisotopic (exact) mass is 324 g/mol. The lowest BCUT2D eigenvalue weighted by Gasteiger charge is -2.17. The summed E-state index contributed by atoms with van der Waals surface area (Å²) in [6.07, 6.45) is 3.31. The third kappa shape index (κ3) is 4.40. The second-order valence-electron chi connectivity index (χ2n) is 6.22. The zero-order valence-corrected chi connectivity index (χ0v) is 14.8. The van der Waals surface area contributed by atoms with Crippen LogP contribution in [0.25, 0.3) is 11.1 Å². The number of hydrogen-bond acceptors (Lipinski definition) is 0. The molecule has 1 atom stereocenters. The molecule has 1 unspecified atom stereocenters. The van der Waals surface area contributed by atoms with Gasteiger partial charge in [0, 0.05) is 6.42 Å². The molecule has 0 nitrogen and oxygen atoms in total. The molecule has 0 saturated heterocycles. The summed E-state index contributed by atoms with van der Waals surface area (Å²) in [5, 5.41) is 0. The van der Waals surface area contributed by atoms with Gasteiger partial charge >= 0.3 is 0 Å². The highest BCUT2D eigenvalue weighted by Crippen LogP contribution is 2.33. The molecule has 0 fully saturated rings. The van der Waals surface area contributed by atoms with Crippen LogP contribution >= 0.6 is 0 Å². The zero-order valence-electron chi connectivity index (χ0n) is 14.8. The summed E-state index contributed by atoms with van der Waals surface area (Å²) in [4.78, 5) is 0. The maximum Gasteiger partial charge on any atom is 0.0708 e. The van der Waals surface area contributed by atoms with E-state index in [1.165, 1.54) is 28.7 Å². The van der Waals surface area contributed by atoms with E-state index in [9.17, 15) is 0 Å². The second kappa shape index (κ2) is 8.90. The van der Waals surface area contributed by atoms with E-state index in [1.807, 2.05) is 0 Å². The lowest BCUT2D eigenvalue weighted by Crippen LogP contribution is -2.01. The van der Waals surface area contributed by atoms with Crippen LogP contribution in [0, 0.1) is 11.8 Å². The summed E-state index contributed by atoms with van der Waals surface area (Å²) in [5.41, 5.74) is 5.05. The Morgan fingerprint density at radius 1 is 0.760 bits per heavy atom. The van der Waals surface area contributed by atoms with Crippen LogP contribution < -0.4 is 0 Å². The first-order valence-corrected chi connectivity index (χ1v) is 9.08. The number of unbranched alkanes of at least 4 members (excludes halogenated alkanes) is 2. The Bertz CT molecular complexity index is 835. The zero-order chi connectivity index (χ0) is 17.3. The fourth-order valence-electron chi connectivity index (χ4n) is 3.05. The summed E-state index contributed by atoms with van der Waals surface area (Å²) in [6, 6.07) is 29.9. The Morgan fingerprint density at radius 2 is 1.40 bits per heavy atom. The molecule has 0 heterocycles. The van der Waals surface area contributed by atoms with Gasteiger partial charge in [-0.3, -0.25) is 0 Å². The number of hydrogen-bond donors (Lipinski definition) is 0. The fraction of sp³-hybridized carbons (Fsp3) is 0.200. The van der Waals surface area contributed by atoms with Crippen LogP contribution in [-0.2, 0) is 0 Å². The molecule has 3 rings (SSSR count). The standard InChI is InChI=1S/C25H24/c1-2-3-4-11-18-23(21-14-7-5-8-15-21)25-20-13-12-19-24(25)22-16-9-6-10-17-22/h5-10,12-17,19-20,23H,2-4H2,1H3. The maximum atomic E-state index is 3.55. The van der Waals surface area contributed by atoms with Crippen molar-refractivity contribution in [2.24, 2.45) is 0 Å². The summed E-state index contributed by atoms with van der Waals surface area (Å²) < 4.78 is 0. The van der Waals surface area contributed by atoms with Gasteiger partial charge in [0.1, 0.15) is 0 Å². The molecular formula is C25H24. The third-order valence-electron chi connectivity index (χ3n) is 4.39. The van der Waals surface area contributed by atoms with Crippen LogP contribution in [0.3, 0.4) is 0 Å². The van der Waals surface area contributed by atoms with E-state index in [1.54, 1.807) is 0 Å². The van der Waals surface area contributed by atoms with Crippen molar-refractivity contribution >= 4 is 0 Å². The van der Waals surface area contributed by atoms with E-state index >= 15 is 0 Å². The molecule has 25 heavy (non-hydrogen) atoms. The summed E-state index contributed by atoms with van der Waals surface area (Å²) >= 11 is 0. The summed E-state index contributed by atoms with van der Waals surface area (Å²) in [5.74, 6) is 7.07. The lowest BCUT2D eigenvalue weighted by atomic mass is 9.86. The van der Waals surface area contributed by atoms with Gasteiger partial charge < -0.3 is 0 Å². The molecule has 0 bridgehead atoms. The Morgan fingerprint density at radius 3 is 2.12 bits per heavy atom. The van der Waals surface area contributed by atoms with Gasteiger partial charge in [-0.05, 0) is 28.7 Å². The molecule has 0 saturated carbocycles. The first-order valence-electron chi connectivity index (χ1n) is 9.08. The van der Waals surface area contributed by atoms with Crippen molar-refractivity contribution in [3.63, 3.8) is 0 Å². The molecular weight excluding hydrogens is 300 g/mol. The molecule has 0 radical (unpaired) electrons. The topological polar surface area (TPSA) is 0 Å². The molecule has 0 amide bonds. The summed E-state index contributed by atoms with van der Waals surface area (Å²) in [7, 11) is 0. The van der Waals surface area contributed by atoms with Gasteiger partial charge in [-0.25, -0.2) is 0 Å². The molecule has 3 aromatic carbocycles. The minimum Gasteiger partial charge on any atom is -0.102 e. The minimum atomic E-state index is 0.106. The largest absolute Gasteiger partial charge is 0.102 e. The fourth-order valence-corrected chi connectivity index (χ4v) is 3.05. The predicted molar refractivity (Wildman–Crippen MR) is 107 cm³/mol. The van der Waals surface area contributed by atoms with Crippen molar-refractivity contribution in [1.82, 2.24) is 0 Å². The highest BCUT2D eigenvalue weighted by Gasteiger charge is 2.15. The van der Waals surface area contributed by atoms with Crippen molar-refractivity contribution in [1.29, 1.82) is 0 Å². The Hall–Kier alpha value is -2.78. The van der Waals surface area contributed by atoms with E-state index < -0.39 is 0 Å². The Balaban J connectivity index is 2.06. The van der Waals surface area contributed by atoms with Crippen LogP contribution in [-0.4, -0.2) is 0 Å². The molecule has 0 heteroatoms. The average molecular weight is 324 g/mol. The predicted octanol–water partition coefficient (Wildman–Crippen LogP) is 6.68. The number of rotatable bonds is 5. The first-order chi connectivity index (χ1) is 12.4. The van der Waals surface area contributed by atoms with Gasteiger partial charge in [0.25, 0.3) is 0 Å². The van der Waals surface area contributed by atoms with Crippen molar-refractivity contribution < 1.29 is 0 Å². The molecule has 0 spiro atoms. The minimum absolute atomic E-state index is 0.106. The number of benzene rings is 3. The van der Waals surface area contributed by atoms with Gasteiger partial charge in [0.2, 0.25) is 0 Å². The molecule has 124 valence electrons. The van der Waals surface area contributed by atoms with Crippen molar-refractivity contribution in [2.45, 2.75) is 32.1 Å². The maximum absolute atomic E-state index is 3.55. The highest BCUT2D eigenvalue weighted by atomic mass is 14.2. The van der Waals surface area contributed by atoms with Crippen LogP contribution in [0.1, 0.15) is 43.2 Å². The van der Waals surface area contributed by atoms with Crippen molar-refractivity contribution in [3.8, 4) is 23.0 Å². The SMILES string of the molecule is CCCCC#CC(c1ccccc1)c1ccccc1-c1ccccc1. The second-order valence-corrected chi connectivity index (χ2v) is 6.22. The molecule has 0 aliphatic heterocycles. The lowest BCUT2D eigenvalue weighted by molar-refractivity contribution is 0.827. The summed E-state index contributed by atoms with van der Waals surface area (Å²) in [6.45, 7) is 2.21. The molecule has 0 aliphatic rings. The van der Waals surface area contributed by atoms with Gasteiger partial charge in [-0.2, -0.15) is 0 Å². The molecule has 0 N–H and O–H groups in total. The smallest absolute Gasteiger partial charge is 0.0708 e. The highest BCUT2D eigenvalue weighted by molar-refractivity contribution is 5.69. The van der Waals surface area contributed by atoms with Gasteiger partial charge in [0.05, 0.1) is 5.92 Å². The van der Waals surface area contributed by atoms with Gasteiger partial charge in [-0.1, -0.05) is 104 Å². The van der Waals surface area contributed by atoms with Crippen LogP contribution in [0.2, 0.25) is 0 Å². The van der Waals surface area contributed by atoms with E-state index in [4.69, 9.17) is 0 Å². The molecule has 3 aromatic rings. The van der Waals surface area contributed by atoms with Crippen LogP contribution in [0.4, 0.5) is 0 Å². The Labute approximate surface area is 151 Å². The van der Waals surface area contributed by atoms with E-state index in [0.29, 0.717) is 0 Å². The van der Waals surface area contributed by atoms with E-state index in [0.717, 1.165) is 12.8 Å². The molecule has 0 aliphatic carbocycles. The first kappa shape index (κ1) is 17.1. The quantitative estimate of drug-likeness (QED) is 0.363. The van der Waals surface area contributed by atoms with E-state index in [-0.39, 0.29) is 5.92 Å². The van der Waals surface area contributed by atoms with Crippen LogP contribution in [0.5, 0.6) is 0 Å². The third-order valence-corrected chi connectivity index (χ3v) is 4.39. The normalized spacial score (nSPS) is 11.4. The van der Waals surface area contributed by atoms with Crippen LogP contribution in [0.15, 0.2) is 84.9 Å². The van der Waals surface area contributed by atoms with E-state index in [2.05, 4.69) is 104 Å². The van der Waals surface area contributed by atoms with Crippen molar-refractivity contribution in [3.05, 3.63) is 96.1 Å². The molecule has 0 aromatic heterocycles.